The summed E-state index contributed by atoms with van der Waals surface area (Å²) in [5, 5.41) is 7.75. The molecule has 0 unspecified atom stereocenters. The van der Waals surface area contributed by atoms with Crippen LogP contribution in [0.15, 0.2) is 47.7 Å². The summed E-state index contributed by atoms with van der Waals surface area (Å²) < 4.78 is 3.26. The molecule has 0 spiro atoms. The first-order chi connectivity index (χ1) is 12.8. The van der Waals surface area contributed by atoms with Crippen molar-refractivity contribution in [2.24, 2.45) is 0 Å². The third kappa shape index (κ3) is 3.01. The molecule has 8 heteroatoms. The second-order valence-electron chi connectivity index (χ2n) is 6.14. The van der Waals surface area contributed by atoms with E-state index in [1.165, 1.54) is 0 Å². The van der Waals surface area contributed by atoms with E-state index in [1.807, 2.05) is 29.2 Å². The third-order valence-electron chi connectivity index (χ3n) is 4.43. The number of aryl methyl sites for hydroxylation is 1. The van der Waals surface area contributed by atoms with E-state index < -0.39 is 0 Å². The van der Waals surface area contributed by atoms with E-state index in [4.69, 9.17) is 0 Å². The number of carbonyl (C=O) groups excluding carboxylic acids is 1. The molecule has 8 nitrogen and oxygen atoms in total. The lowest BCUT2D eigenvalue weighted by molar-refractivity contribution is -0.107. The van der Waals surface area contributed by atoms with Gasteiger partial charge in [0.1, 0.15) is 6.29 Å². The van der Waals surface area contributed by atoms with Crippen LogP contribution in [0.1, 0.15) is 18.5 Å². The first-order valence-electron chi connectivity index (χ1n) is 8.54. The van der Waals surface area contributed by atoms with Crippen LogP contribution in [0.5, 0.6) is 0 Å². The fraction of sp³-hybridized carbons (Fsp3) is 0.278. The smallest absolute Gasteiger partial charge is 0.298 e. The van der Waals surface area contributed by atoms with Gasteiger partial charge >= 0.3 is 0 Å². The molecule has 1 saturated heterocycles. The summed E-state index contributed by atoms with van der Waals surface area (Å²) in [7, 11) is 0. The minimum atomic E-state index is -0.145. The average molecular weight is 350 g/mol. The summed E-state index contributed by atoms with van der Waals surface area (Å²) in [4.78, 5) is 30.1. The molecule has 132 valence electrons. The van der Waals surface area contributed by atoms with Gasteiger partial charge in [-0.25, -0.2) is 9.67 Å². The molecule has 1 aliphatic rings. The van der Waals surface area contributed by atoms with E-state index in [0.717, 1.165) is 42.9 Å². The van der Waals surface area contributed by atoms with E-state index in [9.17, 15) is 9.59 Å². The fourth-order valence-corrected chi connectivity index (χ4v) is 2.89. The molecule has 3 heterocycles. The standard InChI is InChI=1S/C18H18N6O2/c25-12-1-3-14-13-23(18(26)17(20-14)22-9-2-10-22)15-4-6-16(7-5-15)24-11-8-19-21-24/h4-8,11-13H,1-3,9-10H2. The summed E-state index contributed by atoms with van der Waals surface area (Å²) in [6, 6.07) is 7.49. The molecule has 2 aromatic heterocycles. The highest BCUT2D eigenvalue weighted by Crippen LogP contribution is 2.17. The number of aldehydes is 1. The Labute approximate surface area is 149 Å². The molecule has 0 aliphatic carbocycles. The Balaban J connectivity index is 1.74. The maximum atomic E-state index is 12.9. The van der Waals surface area contributed by atoms with Crippen LogP contribution in [0, 0.1) is 0 Å². The first-order valence-corrected chi connectivity index (χ1v) is 8.54. The Bertz CT molecular complexity index is 958. The van der Waals surface area contributed by atoms with Crippen molar-refractivity contribution in [2.75, 3.05) is 18.0 Å². The van der Waals surface area contributed by atoms with E-state index in [1.54, 1.807) is 27.8 Å². The highest BCUT2D eigenvalue weighted by molar-refractivity contribution is 5.50. The number of rotatable bonds is 6. The number of benzene rings is 1. The van der Waals surface area contributed by atoms with Gasteiger partial charge in [0.25, 0.3) is 5.56 Å². The Kier molecular flexibility index (Phi) is 4.30. The quantitative estimate of drug-likeness (QED) is 0.620. The van der Waals surface area contributed by atoms with Crippen molar-refractivity contribution in [1.29, 1.82) is 0 Å². The summed E-state index contributed by atoms with van der Waals surface area (Å²) >= 11 is 0. The fourth-order valence-electron chi connectivity index (χ4n) is 2.89. The normalized spacial score (nSPS) is 13.5. The van der Waals surface area contributed by atoms with Crippen molar-refractivity contribution in [3.8, 4) is 11.4 Å². The van der Waals surface area contributed by atoms with Gasteiger partial charge in [0.2, 0.25) is 0 Å². The Hall–Kier alpha value is -3.29. The molecule has 0 bridgehead atoms. The number of hydrogen-bond donors (Lipinski definition) is 0. The summed E-state index contributed by atoms with van der Waals surface area (Å²) in [5.41, 5.74) is 2.19. The zero-order valence-electron chi connectivity index (χ0n) is 14.2. The summed E-state index contributed by atoms with van der Waals surface area (Å²) in [6.45, 7) is 1.68. The molecule has 0 amide bonds. The number of anilines is 1. The Morgan fingerprint density at radius 1 is 1.12 bits per heavy atom. The van der Waals surface area contributed by atoms with Gasteiger partial charge in [0.05, 0.1) is 23.8 Å². The molecule has 1 aromatic carbocycles. The van der Waals surface area contributed by atoms with Crippen molar-refractivity contribution in [2.45, 2.75) is 19.3 Å². The van der Waals surface area contributed by atoms with Crippen LogP contribution in [0.4, 0.5) is 5.82 Å². The van der Waals surface area contributed by atoms with Gasteiger partial charge < -0.3 is 9.69 Å². The van der Waals surface area contributed by atoms with Crippen LogP contribution in [0.3, 0.4) is 0 Å². The van der Waals surface area contributed by atoms with Gasteiger partial charge in [0, 0.05) is 31.4 Å². The predicted molar refractivity (Wildman–Crippen MR) is 96.0 cm³/mol. The SMILES string of the molecule is O=CCCc1cn(-c2ccc(-n3ccnn3)cc2)c(=O)c(N2CCC2)n1. The molecule has 26 heavy (non-hydrogen) atoms. The minimum Gasteiger partial charge on any atom is -0.352 e. The van der Waals surface area contributed by atoms with Crippen LogP contribution < -0.4 is 10.5 Å². The number of hydrogen-bond acceptors (Lipinski definition) is 6. The molecule has 0 N–H and O–H groups in total. The average Bonchev–Trinajstić information content (AvgIpc) is 3.15. The maximum absolute atomic E-state index is 12.9. The van der Waals surface area contributed by atoms with E-state index in [-0.39, 0.29) is 5.56 Å². The van der Waals surface area contributed by atoms with Crippen molar-refractivity contribution in [1.82, 2.24) is 24.5 Å². The lowest BCUT2D eigenvalue weighted by atomic mass is 10.2. The predicted octanol–water partition coefficient (Wildman–Crippen LogP) is 1.15. The van der Waals surface area contributed by atoms with Gasteiger partial charge in [-0.1, -0.05) is 5.21 Å². The van der Waals surface area contributed by atoms with E-state index in [0.29, 0.717) is 18.7 Å². The van der Waals surface area contributed by atoms with Crippen LogP contribution in [-0.2, 0) is 11.2 Å². The summed E-state index contributed by atoms with van der Waals surface area (Å²) in [6.07, 6.45) is 7.92. The van der Waals surface area contributed by atoms with Crippen molar-refractivity contribution < 1.29 is 4.79 Å². The van der Waals surface area contributed by atoms with E-state index >= 15 is 0 Å². The first kappa shape index (κ1) is 16.2. The number of carbonyl (C=O) groups is 1. The van der Waals surface area contributed by atoms with Gasteiger partial charge in [-0.15, -0.1) is 5.10 Å². The second-order valence-corrected chi connectivity index (χ2v) is 6.14. The van der Waals surface area contributed by atoms with Crippen LogP contribution in [0.25, 0.3) is 11.4 Å². The van der Waals surface area contributed by atoms with E-state index in [2.05, 4.69) is 15.3 Å². The molecule has 0 radical (unpaired) electrons. The lowest BCUT2D eigenvalue weighted by Gasteiger charge is -2.31. The van der Waals surface area contributed by atoms with Gasteiger partial charge in [-0.2, -0.15) is 0 Å². The van der Waals surface area contributed by atoms with Crippen molar-refractivity contribution >= 4 is 12.1 Å². The van der Waals surface area contributed by atoms with Gasteiger partial charge in [-0.3, -0.25) is 9.36 Å². The van der Waals surface area contributed by atoms with Crippen LogP contribution in [-0.4, -0.2) is 43.9 Å². The number of aromatic nitrogens is 5. The molecule has 4 rings (SSSR count). The highest BCUT2D eigenvalue weighted by atomic mass is 16.1. The van der Waals surface area contributed by atoms with Gasteiger partial charge in [-0.05, 0) is 37.1 Å². The second kappa shape index (κ2) is 6.91. The maximum Gasteiger partial charge on any atom is 0.298 e. The largest absolute Gasteiger partial charge is 0.352 e. The zero-order chi connectivity index (χ0) is 17.9. The minimum absolute atomic E-state index is 0.145. The lowest BCUT2D eigenvalue weighted by Crippen LogP contribution is -2.42. The molecule has 1 fully saturated rings. The Morgan fingerprint density at radius 3 is 2.50 bits per heavy atom. The monoisotopic (exact) mass is 350 g/mol. The van der Waals surface area contributed by atoms with Crippen LogP contribution in [0.2, 0.25) is 0 Å². The van der Waals surface area contributed by atoms with Crippen molar-refractivity contribution in [3.05, 3.63) is 58.9 Å². The summed E-state index contributed by atoms with van der Waals surface area (Å²) in [5.74, 6) is 0.458. The molecular formula is C18H18N6O2. The molecule has 1 aliphatic heterocycles. The highest BCUT2D eigenvalue weighted by Gasteiger charge is 2.21. The molecule has 3 aromatic rings. The Morgan fingerprint density at radius 2 is 1.88 bits per heavy atom. The molecule has 0 saturated carbocycles. The van der Waals surface area contributed by atoms with Gasteiger partial charge in [0.15, 0.2) is 5.82 Å². The molecule has 0 atom stereocenters. The topological polar surface area (TPSA) is 85.9 Å². The van der Waals surface area contributed by atoms with Crippen LogP contribution >= 0.6 is 0 Å². The zero-order valence-corrected chi connectivity index (χ0v) is 14.2. The van der Waals surface area contributed by atoms with Crippen molar-refractivity contribution in [3.63, 3.8) is 0 Å². The third-order valence-corrected chi connectivity index (χ3v) is 4.43. The number of nitrogens with zero attached hydrogens (tertiary/aromatic N) is 6. The molecular weight excluding hydrogens is 332 g/mol.